The van der Waals surface area contributed by atoms with E-state index in [0.717, 1.165) is 71.1 Å². The van der Waals surface area contributed by atoms with E-state index in [1.165, 1.54) is 238 Å². The number of hydrogen-bond donors (Lipinski definition) is 14. The lowest BCUT2D eigenvalue weighted by Gasteiger charge is -2.50. The van der Waals surface area contributed by atoms with E-state index in [4.69, 9.17) is 28.4 Å². The zero-order valence-corrected chi connectivity index (χ0v) is 66.8. The van der Waals surface area contributed by atoms with Crippen molar-refractivity contribution in [1.29, 1.82) is 0 Å². The summed E-state index contributed by atoms with van der Waals surface area (Å²) >= 11 is 0. The second-order valence-corrected chi connectivity index (χ2v) is 31.4. The minimum atomic E-state index is -3.08. The highest BCUT2D eigenvalue weighted by Gasteiger charge is 2.60. The lowest BCUT2D eigenvalue weighted by molar-refractivity contribution is -0.386. The van der Waals surface area contributed by atoms with E-state index in [1.807, 2.05) is 0 Å². The van der Waals surface area contributed by atoms with Gasteiger partial charge in [-0.25, -0.2) is 4.79 Å². The number of aliphatic carboxylic acids is 1. The standard InChI is InChI=1S/C84H156N2O21/c1-4-6-8-10-12-14-16-18-20-22-24-26-28-30-31-32-33-34-36-38-40-42-44-46-48-50-52-54-56-58-71(94)86-65(66(91)57-55-53-51-49-47-45-43-41-39-37-35-29-27-25-23-21-19-17-15-13-11-9-7-5-2)63-102-81-76(98)75(97)78(70(62-89)104-81)105-82-77(99)80(74(96)69(61-88)103-82)107-84(83(100)101)59-67(92)72(85-64(3)90)79(106-84)73(95)68(93)60-87/h24,26,30-31,65-70,72-82,87-89,91-93,95-99H,4-23,25,27-29,32-63H2,1-3H3,(H,85,90)(H,86,94)(H,100,101)/b26-24-,31-30-. The summed E-state index contributed by atoms with van der Waals surface area (Å²) in [7, 11) is 0. The van der Waals surface area contributed by atoms with Gasteiger partial charge >= 0.3 is 5.97 Å². The molecule has 0 aromatic heterocycles. The number of nitrogens with one attached hydrogen (secondary N) is 2. The molecule has 3 fully saturated rings. The molecule has 0 aromatic rings. The van der Waals surface area contributed by atoms with Gasteiger partial charge in [0.05, 0.1) is 50.7 Å². The second kappa shape index (κ2) is 62.6. The number of unbranched alkanes of at least 4 members (excludes halogenated alkanes) is 45. The smallest absolute Gasteiger partial charge is 0.364 e. The summed E-state index contributed by atoms with van der Waals surface area (Å²) in [5, 5.41) is 137. The number of carbonyl (C=O) groups is 3. The highest BCUT2D eigenvalue weighted by molar-refractivity contribution is 5.77. The summed E-state index contributed by atoms with van der Waals surface area (Å²) < 4.78 is 35.0. The van der Waals surface area contributed by atoms with Crippen LogP contribution in [0.25, 0.3) is 0 Å². The molecule has 0 bridgehead atoms. The number of aliphatic hydroxyl groups is 11. The molecule has 23 nitrogen and oxygen atoms in total. The highest BCUT2D eigenvalue weighted by Crippen LogP contribution is 2.39. The van der Waals surface area contributed by atoms with E-state index >= 15 is 0 Å². The summed E-state index contributed by atoms with van der Waals surface area (Å²) in [6.07, 6.45) is 41.7. The quantitative estimate of drug-likeness (QED) is 0.0199. The van der Waals surface area contributed by atoms with Gasteiger partial charge in [-0.05, 0) is 44.9 Å². The Hall–Kier alpha value is -2.79. The number of rotatable bonds is 69. The van der Waals surface area contributed by atoms with E-state index in [0.29, 0.717) is 19.3 Å². The topological polar surface area (TPSA) is 373 Å². The number of carboxylic acids is 1. The number of aliphatic hydroxyl groups excluding tert-OH is 11. The van der Waals surface area contributed by atoms with Gasteiger partial charge in [0.25, 0.3) is 5.79 Å². The number of hydrogen-bond acceptors (Lipinski definition) is 20. The van der Waals surface area contributed by atoms with Crippen LogP contribution in [-0.4, -0.2) is 215 Å². The fourth-order valence-electron chi connectivity index (χ4n) is 15.1. The monoisotopic (exact) mass is 1530 g/mol. The number of carbonyl (C=O) groups excluding carboxylic acids is 2. The lowest BCUT2D eigenvalue weighted by atomic mass is 9.88. The van der Waals surface area contributed by atoms with Gasteiger partial charge in [0.1, 0.15) is 67.1 Å². The van der Waals surface area contributed by atoms with Crippen LogP contribution in [0.5, 0.6) is 0 Å². The summed E-state index contributed by atoms with van der Waals surface area (Å²) in [6, 6.07) is -2.53. The van der Waals surface area contributed by atoms with Gasteiger partial charge in [-0.15, -0.1) is 0 Å². The van der Waals surface area contributed by atoms with Gasteiger partial charge in [-0.1, -0.05) is 314 Å². The SMILES string of the molecule is CCCCCCCCCCC/C=C\C/C=C\CCCCCCCCCCCCCCCC(=O)NC(COC1OC(CO)C(OC2OC(CO)C(O)C(OC3(C(=O)O)CC(O)C(NC(C)=O)C(C(O)C(O)CO)O3)C2O)C(O)C1O)C(O)CCCCCCCCCCCCCCCCCCCCCCCCCC. The average molecular weight is 1530 g/mol. The molecular weight excluding hydrogens is 1370 g/mol. The van der Waals surface area contributed by atoms with Gasteiger partial charge in [-0.3, -0.25) is 9.59 Å². The molecule has 23 heteroatoms. The van der Waals surface area contributed by atoms with E-state index in [2.05, 4.69) is 48.8 Å². The van der Waals surface area contributed by atoms with Gasteiger partial charge in [0, 0.05) is 19.8 Å². The molecule has 3 aliphatic rings. The molecule has 0 aromatic carbocycles. The number of carboxylic acid groups (broad SMARTS) is 1. The van der Waals surface area contributed by atoms with Crippen LogP contribution < -0.4 is 10.6 Å². The Balaban J connectivity index is 1.48. The molecule has 628 valence electrons. The molecule has 0 aliphatic carbocycles. The van der Waals surface area contributed by atoms with Gasteiger partial charge < -0.3 is 100 Å². The molecule has 3 aliphatic heterocycles. The molecule has 2 amide bonds. The molecular formula is C84H156N2O21. The van der Waals surface area contributed by atoms with Crippen molar-refractivity contribution >= 4 is 17.8 Å². The molecule has 0 spiro atoms. The van der Waals surface area contributed by atoms with Crippen LogP contribution >= 0.6 is 0 Å². The molecule has 3 rings (SSSR count). The maximum atomic E-state index is 13.6. The minimum absolute atomic E-state index is 0.224. The van der Waals surface area contributed by atoms with E-state index in [-0.39, 0.29) is 18.9 Å². The fraction of sp³-hybridized carbons (Fsp3) is 0.917. The average Bonchev–Trinajstić information content (AvgIpc) is 0.754. The van der Waals surface area contributed by atoms with Crippen molar-refractivity contribution in [3.63, 3.8) is 0 Å². The Morgan fingerprint density at radius 3 is 1.31 bits per heavy atom. The lowest BCUT2D eigenvalue weighted by Crippen LogP contribution is -2.70. The molecule has 3 saturated heterocycles. The Bertz CT molecular complexity index is 2220. The Morgan fingerprint density at radius 2 is 0.897 bits per heavy atom. The van der Waals surface area contributed by atoms with E-state index in [9.17, 15) is 75.7 Å². The predicted molar refractivity (Wildman–Crippen MR) is 417 cm³/mol. The van der Waals surface area contributed by atoms with E-state index < -0.39 is 148 Å². The number of allylic oxidation sites excluding steroid dienone is 4. The van der Waals surface area contributed by atoms with Crippen molar-refractivity contribution in [2.24, 2.45) is 0 Å². The van der Waals surface area contributed by atoms with Crippen LogP contribution in [0.3, 0.4) is 0 Å². The Labute approximate surface area is 644 Å². The first-order valence-electron chi connectivity index (χ1n) is 43.2. The summed E-state index contributed by atoms with van der Waals surface area (Å²) in [5.41, 5.74) is 0. The third-order valence-corrected chi connectivity index (χ3v) is 21.9. The highest BCUT2D eigenvalue weighted by atomic mass is 16.8. The van der Waals surface area contributed by atoms with Crippen molar-refractivity contribution in [1.82, 2.24) is 10.6 Å². The molecule has 14 N–H and O–H groups in total. The first kappa shape index (κ1) is 98.4. The summed E-state index contributed by atoms with van der Waals surface area (Å²) in [5.74, 6) is -6.09. The summed E-state index contributed by atoms with van der Waals surface area (Å²) in [6.45, 7) is 2.27. The zero-order valence-electron chi connectivity index (χ0n) is 66.8. The van der Waals surface area contributed by atoms with Crippen LogP contribution in [0.4, 0.5) is 0 Å². The maximum absolute atomic E-state index is 13.6. The Kier molecular flexibility index (Phi) is 57.6. The first-order valence-corrected chi connectivity index (χ1v) is 43.2. The van der Waals surface area contributed by atoms with Crippen molar-refractivity contribution < 1.29 is 104 Å². The minimum Gasteiger partial charge on any atom is -0.477 e. The van der Waals surface area contributed by atoms with Crippen LogP contribution in [0, 0.1) is 0 Å². The van der Waals surface area contributed by atoms with Crippen molar-refractivity contribution in [3.8, 4) is 0 Å². The molecule has 0 radical (unpaired) electrons. The molecule has 3 heterocycles. The first-order chi connectivity index (χ1) is 51.9. The second-order valence-electron chi connectivity index (χ2n) is 31.4. The molecule has 18 atom stereocenters. The van der Waals surface area contributed by atoms with Crippen LogP contribution in [-0.2, 0) is 42.8 Å². The third kappa shape index (κ3) is 42.2. The molecule has 107 heavy (non-hydrogen) atoms. The van der Waals surface area contributed by atoms with Crippen molar-refractivity contribution in [2.75, 3.05) is 26.4 Å². The van der Waals surface area contributed by atoms with Crippen LogP contribution in [0.1, 0.15) is 355 Å². The number of amides is 2. The van der Waals surface area contributed by atoms with Crippen molar-refractivity contribution in [2.45, 2.75) is 464 Å². The molecule has 18 unspecified atom stereocenters. The fourth-order valence-corrected chi connectivity index (χ4v) is 15.1. The summed E-state index contributed by atoms with van der Waals surface area (Å²) in [4.78, 5) is 38.8. The zero-order chi connectivity index (χ0) is 78.1. The van der Waals surface area contributed by atoms with Gasteiger partial charge in [0.15, 0.2) is 12.6 Å². The van der Waals surface area contributed by atoms with Crippen molar-refractivity contribution in [3.05, 3.63) is 24.3 Å². The van der Waals surface area contributed by atoms with Crippen LogP contribution in [0.15, 0.2) is 24.3 Å². The van der Waals surface area contributed by atoms with Crippen LogP contribution in [0.2, 0.25) is 0 Å². The van der Waals surface area contributed by atoms with E-state index in [1.54, 1.807) is 0 Å². The number of ether oxygens (including phenoxy) is 6. The normalized spacial score (nSPS) is 26.1. The van der Waals surface area contributed by atoms with Gasteiger partial charge in [-0.2, -0.15) is 0 Å². The maximum Gasteiger partial charge on any atom is 0.364 e. The predicted octanol–water partition coefficient (Wildman–Crippen LogP) is 12.7. The van der Waals surface area contributed by atoms with Gasteiger partial charge in [0.2, 0.25) is 11.8 Å². The largest absolute Gasteiger partial charge is 0.477 e. The Morgan fingerprint density at radius 1 is 0.486 bits per heavy atom. The molecule has 0 saturated carbocycles. The third-order valence-electron chi connectivity index (χ3n) is 21.9.